The molecule has 0 unspecified atom stereocenters. The van der Waals surface area contributed by atoms with Crippen LogP contribution in [0.15, 0.2) is 24.3 Å². The van der Waals surface area contributed by atoms with E-state index in [2.05, 4.69) is 5.32 Å². The number of benzene rings is 1. The van der Waals surface area contributed by atoms with Gasteiger partial charge in [0.15, 0.2) is 5.60 Å². The second-order valence-electron chi connectivity index (χ2n) is 5.27. The van der Waals surface area contributed by atoms with Gasteiger partial charge >= 0.3 is 12.2 Å². The molecule has 1 aliphatic heterocycles. The highest BCUT2D eigenvalue weighted by molar-refractivity contribution is 6.31. The zero-order valence-electron chi connectivity index (χ0n) is 11.7. The number of nitrogens with one attached hydrogen (secondary N) is 1. The average Bonchev–Trinajstić information content (AvgIpc) is 2.46. The van der Waals surface area contributed by atoms with Crippen LogP contribution in [0.5, 0.6) is 0 Å². The molecule has 0 saturated carbocycles. The van der Waals surface area contributed by atoms with Crippen LogP contribution in [0.4, 0.5) is 18.0 Å². The molecule has 1 aliphatic rings. The van der Waals surface area contributed by atoms with Gasteiger partial charge in [0.2, 0.25) is 0 Å². The predicted octanol–water partition coefficient (Wildman–Crippen LogP) is 2.94. The number of hydrogen-bond donors (Lipinski definition) is 2. The van der Waals surface area contributed by atoms with Crippen LogP contribution in [0.3, 0.4) is 0 Å². The van der Waals surface area contributed by atoms with Crippen LogP contribution in [-0.4, -0.2) is 40.9 Å². The maximum atomic E-state index is 12.7. The second kappa shape index (κ2) is 6.34. The number of carbonyl (C=O) groups excluding carboxylic acids is 1. The number of aliphatic hydroxyl groups is 1. The number of piperidine rings is 1. The molecule has 0 aliphatic carbocycles. The van der Waals surface area contributed by atoms with E-state index in [-0.39, 0.29) is 19.6 Å². The Hall–Kier alpha value is -1.47. The largest absolute Gasteiger partial charge is 0.417 e. The van der Waals surface area contributed by atoms with Gasteiger partial charge in [-0.3, -0.25) is 0 Å². The first-order valence-electron chi connectivity index (χ1n) is 6.78. The molecule has 0 atom stereocenters. The third kappa shape index (κ3) is 3.64. The lowest BCUT2D eigenvalue weighted by Gasteiger charge is -2.39. The Balaban J connectivity index is 1.87. The summed E-state index contributed by atoms with van der Waals surface area (Å²) < 4.78 is 38.1. The van der Waals surface area contributed by atoms with Gasteiger partial charge in [0, 0.05) is 37.5 Å². The third-order valence-electron chi connectivity index (χ3n) is 3.79. The minimum atomic E-state index is -4.67. The van der Waals surface area contributed by atoms with Gasteiger partial charge in [0.05, 0.1) is 0 Å². The summed E-state index contributed by atoms with van der Waals surface area (Å²) in [5.41, 5.74) is -1.98. The van der Waals surface area contributed by atoms with Crippen molar-refractivity contribution in [3.05, 3.63) is 34.9 Å². The third-order valence-corrected chi connectivity index (χ3v) is 4.16. The summed E-state index contributed by atoms with van der Waals surface area (Å²) >= 11 is 5.96. The lowest BCUT2D eigenvalue weighted by Crippen LogP contribution is -2.55. The summed E-state index contributed by atoms with van der Waals surface area (Å²) in [6.45, 7) is -0.104. The van der Waals surface area contributed by atoms with Gasteiger partial charge < -0.3 is 15.3 Å². The van der Waals surface area contributed by atoms with Gasteiger partial charge in [-0.25, -0.2) is 4.79 Å². The molecule has 8 heteroatoms. The fourth-order valence-corrected chi connectivity index (χ4v) is 2.49. The SMILES string of the molecule is O=C(NCc1ccccc1Cl)N1CCC(O)(C(F)(F)F)CC1. The standard InChI is InChI=1S/C14H16ClF3N2O2/c15-11-4-2-1-3-10(11)9-19-12(21)20-7-5-13(22,6-8-20)14(16,17)18/h1-4,22H,5-9H2,(H,19,21). The van der Waals surface area contributed by atoms with Crippen molar-refractivity contribution in [3.63, 3.8) is 0 Å². The van der Waals surface area contributed by atoms with Crippen molar-refractivity contribution in [2.45, 2.75) is 31.2 Å². The van der Waals surface area contributed by atoms with Crippen molar-refractivity contribution in [1.29, 1.82) is 0 Å². The molecule has 2 amide bonds. The molecule has 0 aromatic heterocycles. The number of rotatable bonds is 2. The summed E-state index contributed by atoms with van der Waals surface area (Å²) in [6, 6.07) is 6.51. The zero-order chi connectivity index (χ0) is 16.4. The molecule has 0 spiro atoms. The number of nitrogens with zero attached hydrogens (tertiary/aromatic N) is 1. The molecule has 2 rings (SSSR count). The topological polar surface area (TPSA) is 52.6 Å². The van der Waals surface area contributed by atoms with E-state index in [0.29, 0.717) is 5.02 Å². The number of urea groups is 1. The number of amides is 2. The molecular weight excluding hydrogens is 321 g/mol. The highest BCUT2D eigenvalue weighted by atomic mass is 35.5. The smallest absolute Gasteiger partial charge is 0.380 e. The van der Waals surface area contributed by atoms with E-state index >= 15 is 0 Å². The van der Waals surface area contributed by atoms with Crippen molar-refractivity contribution in [3.8, 4) is 0 Å². The fourth-order valence-electron chi connectivity index (χ4n) is 2.29. The molecule has 1 saturated heterocycles. The normalized spacial score (nSPS) is 18.1. The average molecular weight is 337 g/mol. The maximum absolute atomic E-state index is 12.7. The Kier molecular flexibility index (Phi) is 4.87. The van der Waals surface area contributed by atoms with Gasteiger partial charge in [-0.05, 0) is 11.6 Å². The van der Waals surface area contributed by atoms with E-state index in [9.17, 15) is 23.1 Å². The van der Waals surface area contributed by atoms with Crippen LogP contribution in [-0.2, 0) is 6.54 Å². The Morgan fingerprint density at radius 3 is 2.45 bits per heavy atom. The van der Waals surface area contributed by atoms with Gasteiger partial charge in [-0.1, -0.05) is 29.8 Å². The molecular formula is C14H16ClF3N2O2. The highest BCUT2D eigenvalue weighted by Gasteiger charge is 2.54. The lowest BCUT2D eigenvalue weighted by atomic mass is 9.91. The van der Waals surface area contributed by atoms with Crippen LogP contribution in [0.1, 0.15) is 18.4 Å². The molecule has 122 valence electrons. The predicted molar refractivity (Wildman–Crippen MR) is 75.5 cm³/mol. The summed E-state index contributed by atoms with van der Waals surface area (Å²) in [5.74, 6) is 0. The first kappa shape index (κ1) is 16.9. The monoisotopic (exact) mass is 336 g/mol. The van der Waals surface area contributed by atoms with E-state index < -0.39 is 30.7 Å². The summed E-state index contributed by atoms with van der Waals surface area (Å²) in [5, 5.41) is 12.7. The van der Waals surface area contributed by atoms with Crippen LogP contribution < -0.4 is 5.32 Å². The molecule has 0 radical (unpaired) electrons. The highest BCUT2D eigenvalue weighted by Crippen LogP contribution is 2.38. The first-order chi connectivity index (χ1) is 10.2. The van der Waals surface area contributed by atoms with E-state index in [4.69, 9.17) is 11.6 Å². The number of alkyl halides is 3. The van der Waals surface area contributed by atoms with Crippen LogP contribution in [0.25, 0.3) is 0 Å². The molecule has 4 nitrogen and oxygen atoms in total. The van der Waals surface area contributed by atoms with Crippen molar-refractivity contribution >= 4 is 17.6 Å². The van der Waals surface area contributed by atoms with Crippen molar-refractivity contribution in [2.24, 2.45) is 0 Å². The van der Waals surface area contributed by atoms with Crippen LogP contribution in [0.2, 0.25) is 5.02 Å². The molecule has 22 heavy (non-hydrogen) atoms. The molecule has 0 bridgehead atoms. The Morgan fingerprint density at radius 1 is 1.32 bits per heavy atom. The molecule has 2 N–H and O–H groups in total. The molecule has 1 heterocycles. The van der Waals surface area contributed by atoms with E-state index in [0.717, 1.165) is 5.56 Å². The van der Waals surface area contributed by atoms with Crippen molar-refractivity contribution in [1.82, 2.24) is 10.2 Å². The summed E-state index contributed by atoms with van der Waals surface area (Å²) in [6.07, 6.45) is -5.71. The van der Waals surface area contributed by atoms with E-state index in [1.807, 2.05) is 0 Å². The zero-order valence-corrected chi connectivity index (χ0v) is 12.4. The van der Waals surface area contributed by atoms with Gasteiger partial charge in [0.25, 0.3) is 0 Å². The van der Waals surface area contributed by atoms with Crippen LogP contribution >= 0.6 is 11.6 Å². The quantitative estimate of drug-likeness (QED) is 0.872. The maximum Gasteiger partial charge on any atom is 0.417 e. The molecule has 1 aromatic carbocycles. The number of likely N-dealkylation sites (tertiary alicyclic amines) is 1. The first-order valence-corrected chi connectivity index (χ1v) is 7.16. The summed E-state index contributed by atoms with van der Waals surface area (Å²) in [7, 11) is 0. The summed E-state index contributed by atoms with van der Waals surface area (Å²) in [4.78, 5) is 13.2. The van der Waals surface area contributed by atoms with Crippen molar-refractivity contribution < 1.29 is 23.1 Å². The van der Waals surface area contributed by atoms with Gasteiger partial charge in [-0.2, -0.15) is 13.2 Å². The van der Waals surface area contributed by atoms with E-state index in [1.165, 1.54) is 4.90 Å². The van der Waals surface area contributed by atoms with Crippen LogP contribution in [0, 0.1) is 0 Å². The Morgan fingerprint density at radius 2 is 1.91 bits per heavy atom. The van der Waals surface area contributed by atoms with Crippen molar-refractivity contribution in [2.75, 3.05) is 13.1 Å². The second-order valence-corrected chi connectivity index (χ2v) is 5.67. The van der Waals surface area contributed by atoms with Gasteiger partial charge in [0.1, 0.15) is 0 Å². The fraction of sp³-hybridized carbons (Fsp3) is 0.500. The van der Waals surface area contributed by atoms with E-state index in [1.54, 1.807) is 24.3 Å². The molecule has 1 fully saturated rings. The number of halogens is 4. The number of carbonyl (C=O) groups is 1. The van der Waals surface area contributed by atoms with Gasteiger partial charge in [-0.15, -0.1) is 0 Å². The number of hydrogen-bond acceptors (Lipinski definition) is 2. The minimum Gasteiger partial charge on any atom is -0.380 e. The lowest BCUT2D eigenvalue weighted by molar-refractivity contribution is -0.271. The Labute approximate surface area is 130 Å². The Bertz CT molecular complexity index is 543. The molecule has 1 aromatic rings. The minimum absolute atomic E-state index is 0.148.